The monoisotopic (exact) mass is 374 g/mol. The lowest BCUT2D eigenvalue weighted by Gasteiger charge is -2.11. The molecule has 26 heavy (non-hydrogen) atoms. The Morgan fingerprint density at radius 2 is 1.69 bits per heavy atom. The summed E-state index contributed by atoms with van der Waals surface area (Å²) >= 11 is 4.89. The van der Waals surface area contributed by atoms with E-state index in [0.717, 1.165) is 0 Å². The van der Waals surface area contributed by atoms with Crippen LogP contribution in [-0.4, -0.2) is 28.5 Å². The Labute approximate surface area is 153 Å². The zero-order valence-electron chi connectivity index (χ0n) is 13.3. The number of nitro groups is 1. The van der Waals surface area contributed by atoms with Gasteiger partial charge in [-0.15, -0.1) is 0 Å². The fraction of sp³-hybridized carbons (Fsp3) is 0.0625. The second kappa shape index (κ2) is 9.08. The lowest BCUT2D eigenvalue weighted by molar-refractivity contribution is -0.384. The number of para-hydroxylation sites is 1. The first kappa shape index (κ1) is 18.8. The number of rotatable bonds is 5. The third-order valence-corrected chi connectivity index (χ3v) is 3.20. The van der Waals surface area contributed by atoms with Gasteiger partial charge in [-0.05, 0) is 36.5 Å². The molecule has 134 valence electrons. The van der Waals surface area contributed by atoms with Gasteiger partial charge in [0.1, 0.15) is 5.75 Å². The van der Waals surface area contributed by atoms with Gasteiger partial charge < -0.3 is 4.74 Å². The van der Waals surface area contributed by atoms with Crippen LogP contribution in [0.4, 0.5) is 5.69 Å². The van der Waals surface area contributed by atoms with Crippen molar-refractivity contribution >= 4 is 34.8 Å². The molecule has 0 aliphatic carbocycles. The van der Waals surface area contributed by atoms with Crippen LogP contribution in [0.1, 0.15) is 10.4 Å². The number of carbonyl (C=O) groups excluding carboxylic acids is 2. The average molecular weight is 374 g/mol. The van der Waals surface area contributed by atoms with Gasteiger partial charge in [0.2, 0.25) is 0 Å². The Morgan fingerprint density at radius 1 is 1.04 bits per heavy atom. The Hall–Kier alpha value is -3.53. The Balaban J connectivity index is 1.74. The van der Waals surface area contributed by atoms with E-state index in [4.69, 9.17) is 17.0 Å². The summed E-state index contributed by atoms with van der Waals surface area (Å²) in [6, 6.07) is 13.8. The van der Waals surface area contributed by atoms with Crippen LogP contribution in [0, 0.1) is 10.1 Å². The van der Waals surface area contributed by atoms with Crippen LogP contribution in [0.2, 0.25) is 0 Å². The molecular weight excluding hydrogens is 360 g/mol. The summed E-state index contributed by atoms with van der Waals surface area (Å²) in [5.74, 6) is -0.537. The van der Waals surface area contributed by atoms with Crippen molar-refractivity contribution in [3.8, 4) is 5.75 Å². The maximum atomic E-state index is 11.9. The van der Waals surface area contributed by atoms with Crippen LogP contribution >= 0.6 is 12.2 Å². The molecule has 0 aromatic heterocycles. The normalized spacial score (nSPS) is 9.69. The van der Waals surface area contributed by atoms with Gasteiger partial charge >= 0.3 is 0 Å². The molecule has 0 bridgehead atoms. The van der Waals surface area contributed by atoms with Gasteiger partial charge in [-0.1, -0.05) is 18.2 Å². The fourth-order valence-corrected chi connectivity index (χ4v) is 1.91. The molecule has 0 radical (unpaired) electrons. The number of non-ortho nitro benzene ring substituents is 1. The molecule has 2 aromatic rings. The summed E-state index contributed by atoms with van der Waals surface area (Å²) in [5.41, 5.74) is 4.68. The van der Waals surface area contributed by atoms with Crippen molar-refractivity contribution in [2.75, 3.05) is 6.61 Å². The molecule has 0 unspecified atom stereocenters. The zero-order chi connectivity index (χ0) is 18.9. The molecule has 10 heteroatoms. The molecule has 2 rings (SSSR count). The van der Waals surface area contributed by atoms with Crippen LogP contribution in [-0.2, 0) is 4.79 Å². The predicted octanol–water partition coefficient (Wildman–Crippen LogP) is 1.31. The summed E-state index contributed by atoms with van der Waals surface area (Å²) < 4.78 is 5.24. The maximum absolute atomic E-state index is 11.9. The molecule has 0 heterocycles. The second-order valence-corrected chi connectivity index (χ2v) is 5.27. The van der Waals surface area contributed by atoms with Crippen molar-refractivity contribution in [1.82, 2.24) is 16.2 Å². The summed E-state index contributed by atoms with van der Waals surface area (Å²) in [4.78, 5) is 33.6. The number of nitrogens with one attached hydrogen (secondary N) is 3. The van der Waals surface area contributed by atoms with E-state index in [1.54, 1.807) is 24.3 Å². The molecule has 2 aromatic carbocycles. The number of thiocarbonyl (C=S) groups is 1. The molecule has 0 saturated carbocycles. The summed E-state index contributed by atoms with van der Waals surface area (Å²) in [6.45, 7) is -0.240. The minimum absolute atomic E-state index is 0.132. The minimum atomic E-state index is -0.577. The molecule has 0 spiro atoms. The highest BCUT2D eigenvalue weighted by Crippen LogP contribution is 2.11. The van der Waals surface area contributed by atoms with Crippen molar-refractivity contribution < 1.29 is 19.2 Å². The number of nitrogens with zero attached hydrogens (tertiary/aromatic N) is 1. The Bertz CT molecular complexity index is 811. The van der Waals surface area contributed by atoms with Crippen molar-refractivity contribution in [3.05, 3.63) is 70.3 Å². The van der Waals surface area contributed by atoms with Crippen molar-refractivity contribution in [2.45, 2.75) is 0 Å². The molecule has 0 aliphatic rings. The first-order valence-electron chi connectivity index (χ1n) is 7.28. The van der Waals surface area contributed by atoms with E-state index < -0.39 is 16.7 Å². The molecule has 2 amide bonds. The highest BCUT2D eigenvalue weighted by atomic mass is 32.1. The number of hydrazine groups is 1. The molecule has 0 atom stereocenters. The van der Waals surface area contributed by atoms with Gasteiger partial charge in [0.15, 0.2) is 11.7 Å². The largest absolute Gasteiger partial charge is 0.484 e. The van der Waals surface area contributed by atoms with Gasteiger partial charge in [-0.25, -0.2) is 0 Å². The third-order valence-electron chi connectivity index (χ3n) is 3.00. The summed E-state index contributed by atoms with van der Waals surface area (Å²) in [5, 5.41) is 12.8. The van der Waals surface area contributed by atoms with E-state index >= 15 is 0 Å². The molecule has 0 aliphatic heterocycles. The molecule has 9 nitrogen and oxygen atoms in total. The number of hydrogen-bond acceptors (Lipinski definition) is 6. The maximum Gasteiger partial charge on any atom is 0.276 e. The fourth-order valence-electron chi connectivity index (χ4n) is 1.77. The zero-order valence-corrected chi connectivity index (χ0v) is 14.1. The van der Waals surface area contributed by atoms with Gasteiger partial charge in [0.25, 0.3) is 17.5 Å². The molecule has 3 N–H and O–H groups in total. The highest BCUT2D eigenvalue weighted by Gasteiger charge is 2.11. The predicted molar refractivity (Wildman–Crippen MR) is 96.4 cm³/mol. The van der Waals surface area contributed by atoms with Crippen LogP contribution < -0.4 is 20.9 Å². The van der Waals surface area contributed by atoms with Crippen LogP contribution in [0.3, 0.4) is 0 Å². The second-order valence-electron chi connectivity index (χ2n) is 4.86. The van der Waals surface area contributed by atoms with E-state index in [2.05, 4.69) is 16.2 Å². The number of ether oxygens (including phenoxy) is 1. The van der Waals surface area contributed by atoms with Gasteiger partial charge in [0, 0.05) is 17.7 Å². The smallest absolute Gasteiger partial charge is 0.276 e. The van der Waals surface area contributed by atoms with Gasteiger partial charge in [0.05, 0.1) is 4.92 Å². The summed E-state index contributed by atoms with van der Waals surface area (Å²) in [6.07, 6.45) is 0. The summed E-state index contributed by atoms with van der Waals surface area (Å²) in [7, 11) is 0. The van der Waals surface area contributed by atoms with Crippen LogP contribution in [0.25, 0.3) is 0 Å². The lowest BCUT2D eigenvalue weighted by atomic mass is 10.2. The topological polar surface area (TPSA) is 123 Å². The Morgan fingerprint density at radius 3 is 2.31 bits per heavy atom. The first-order chi connectivity index (χ1) is 12.5. The standard InChI is InChI=1S/C16H14N4O5S/c21-14(10-25-13-4-2-1-3-5-13)18-19-16(26)17-15(22)11-6-8-12(9-7-11)20(23)24/h1-9H,10H2,(H,18,21)(H2,17,19,22,26). The van der Waals surface area contributed by atoms with E-state index in [9.17, 15) is 19.7 Å². The molecular formula is C16H14N4O5S. The van der Waals surface area contributed by atoms with Gasteiger partial charge in [-0.3, -0.25) is 35.9 Å². The Kier molecular flexibility index (Phi) is 6.57. The number of nitro benzene ring substituents is 1. The van der Waals surface area contributed by atoms with Crippen molar-refractivity contribution in [1.29, 1.82) is 0 Å². The van der Waals surface area contributed by atoms with Crippen LogP contribution in [0.5, 0.6) is 5.75 Å². The third kappa shape index (κ3) is 5.83. The first-order valence-corrected chi connectivity index (χ1v) is 7.69. The van der Waals surface area contributed by atoms with Crippen LogP contribution in [0.15, 0.2) is 54.6 Å². The number of carbonyl (C=O) groups is 2. The number of hydrogen-bond donors (Lipinski definition) is 3. The molecule has 0 saturated heterocycles. The average Bonchev–Trinajstić information content (AvgIpc) is 2.65. The minimum Gasteiger partial charge on any atom is -0.484 e. The van der Waals surface area contributed by atoms with Gasteiger partial charge in [-0.2, -0.15) is 0 Å². The molecule has 0 fully saturated rings. The quantitative estimate of drug-likeness (QED) is 0.410. The lowest BCUT2D eigenvalue weighted by Crippen LogP contribution is -2.49. The van der Waals surface area contributed by atoms with E-state index in [-0.39, 0.29) is 23.0 Å². The highest BCUT2D eigenvalue weighted by molar-refractivity contribution is 7.80. The van der Waals surface area contributed by atoms with Crippen molar-refractivity contribution in [3.63, 3.8) is 0 Å². The van der Waals surface area contributed by atoms with E-state index in [1.807, 2.05) is 6.07 Å². The number of benzene rings is 2. The number of amides is 2. The van der Waals surface area contributed by atoms with Crippen molar-refractivity contribution in [2.24, 2.45) is 0 Å². The SMILES string of the molecule is O=C(COc1ccccc1)NNC(=S)NC(=O)c1ccc([N+](=O)[O-])cc1. The van der Waals surface area contributed by atoms with E-state index in [1.165, 1.54) is 24.3 Å². The van der Waals surface area contributed by atoms with E-state index in [0.29, 0.717) is 5.75 Å².